The molecule has 1 N–H and O–H groups in total. The zero-order valence-electron chi connectivity index (χ0n) is 10.2. The predicted octanol–water partition coefficient (Wildman–Crippen LogP) is 2.94. The number of carbonyl (C=O) groups is 1. The van der Waals surface area contributed by atoms with Crippen LogP contribution in [0.1, 0.15) is 50.8 Å². The van der Waals surface area contributed by atoms with Crippen molar-refractivity contribution in [3.8, 4) is 0 Å². The lowest BCUT2D eigenvalue weighted by Gasteiger charge is -2.19. The minimum Gasteiger partial charge on any atom is -0.349 e. The molecule has 16 heavy (non-hydrogen) atoms. The highest BCUT2D eigenvalue weighted by molar-refractivity contribution is 5.76. The summed E-state index contributed by atoms with van der Waals surface area (Å²) in [5.74, 6) is 0.137. The Bertz CT molecular complexity index is 409. The van der Waals surface area contributed by atoms with Gasteiger partial charge in [-0.1, -0.05) is 45.0 Å². The van der Waals surface area contributed by atoms with E-state index < -0.39 is 0 Å². The Morgan fingerprint density at radius 3 is 2.81 bits per heavy atom. The van der Waals surface area contributed by atoms with Crippen LogP contribution < -0.4 is 5.32 Å². The first-order chi connectivity index (χ1) is 7.54. The lowest BCUT2D eigenvalue weighted by Crippen LogP contribution is -2.27. The Labute approximate surface area is 97.1 Å². The monoisotopic (exact) mass is 217 g/mol. The molecule has 0 radical (unpaired) electrons. The van der Waals surface area contributed by atoms with Gasteiger partial charge >= 0.3 is 0 Å². The van der Waals surface area contributed by atoms with Crippen LogP contribution in [0.15, 0.2) is 24.3 Å². The molecule has 2 rings (SSSR count). The summed E-state index contributed by atoms with van der Waals surface area (Å²) >= 11 is 0. The summed E-state index contributed by atoms with van der Waals surface area (Å²) in [4.78, 5) is 11.5. The summed E-state index contributed by atoms with van der Waals surface area (Å²) in [6.45, 7) is 6.37. The molecule has 0 fully saturated rings. The minimum absolute atomic E-state index is 0.137. The van der Waals surface area contributed by atoms with Gasteiger partial charge in [-0.2, -0.15) is 0 Å². The molecule has 1 aromatic carbocycles. The first kappa shape index (κ1) is 11.2. The highest BCUT2D eigenvalue weighted by Crippen LogP contribution is 2.44. The largest absolute Gasteiger partial charge is 0.349 e. The van der Waals surface area contributed by atoms with Gasteiger partial charge in [-0.15, -0.1) is 0 Å². The molecule has 1 atom stereocenters. The second-order valence-electron chi connectivity index (χ2n) is 5.15. The molecule has 0 spiro atoms. The Morgan fingerprint density at radius 2 is 2.12 bits per heavy atom. The Morgan fingerprint density at radius 1 is 1.44 bits per heavy atom. The minimum atomic E-state index is 0.137. The van der Waals surface area contributed by atoms with Crippen molar-refractivity contribution in [2.24, 2.45) is 0 Å². The SMILES string of the molecule is CCC(=O)NC1CC(C)(C)c2ccccc21. The van der Waals surface area contributed by atoms with Crippen molar-refractivity contribution < 1.29 is 4.79 Å². The van der Waals surface area contributed by atoms with Crippen molar-refractivity contribution in [2.45, 2.75) is 45.1 Å². The van der Waals surface area contributed by atoms with E-state index in [-0.39, 0.29) is 17.4 Å². The van der Waals surface area contributed by atoms with Crippen molar-refractivity contribution >= 4 is 5.91 Å². The Balaban J connectivity index is 2.30. The molecule has 2 nitrogen and oxygen atoms in total. The van der Waals surface area contributed by atoms with Crippen molar-refractivity contribution in [1.82, 2.24) is 5.32 Å². The summed E-state index contributed by atoms with van der Waals surface area (Å²) in [5.41, 5.74) is 2.83. The predicted molar refractivity (Wildman–Crippen MR) is 65.3 cm³/mol. The molecule has 86 valence electrons. The summed E-state index contributed by atoms with van der Waals surface area (Å²) in [7, 11) is 0. The first-order valence-corrected chi connectivity index (χ1v) is 5.93. The van der Waals surface area contributed by atoms with Gasteiger partial charge in [0.05, 0.1) is 6.04 Å². The van der Waals surface area contributed by atoms with Gasteiger partial charge in [0.25, 0.3) is 0 Å². The Kier molecular flexibility index (Phi) is 2.75. The van der Waals surface area contributed by atoms with Gasteiger partial charge in [0.1, 0.15) is 0 Å². The number of hydrogen-bond acceptors (Lipinski definition) is 1. The van der Waals surface area contributed by atoms with Crippen LogP contribution >= 0.6 is 0 Å². The molecule has 1 amide bonds. The standard InChI is InChI=1S/C14H19NO/c1-4-13(16)15-12-9-14(2,3)11-8-6-5-7-10(11)12/h5-8,12H,4,9H2,1-3H3,(H,15,16). The topological polar surface area (TPSA) is 29.1 Å². The lowest BCUT2D eigenvalue weighted by molar-refractivity contribution is -0.121. The molecule has 1 aromatic rings. The molecule has 1 aliphatic carbocycles. The molecule has 1 aliphatic rings. The zero-order valence-corrected chi connectivity index (χ0v) is 10.2. The fraction of sp³-hybridized carbons (Fsp3) is 0.500. The van der Waals surface area contributed by atoms with Crippen molar-refractivity contribution in [2.75, 3.05) is 0 Å². The second kappa shape index (κ2) is 3.93. The highest BCUT2D eigenvalue weighted by atomic mass is 16.1. The molecule has 0 saturated carbocycles. The number of fused-ring (bicyclic) bond motifs is 1. The average Bonchev–Trinajstić information content (AvgIpc) is 2.51. The van der Waals surface area contributed by atoms with Crippen molar-refractivity contribution in [3.63, 3.8) is 0 Å². The molecular weight excluding hydrogens is 198 g/mol. The first-order valence-electron chi connectivity index (χ1n) is 5.93. The molecule has 0 saturated heterocycles. The van der Waals surface area contributed by atoms with E-state index >= 15 is 0 Å². The molecule has 0 heterocycles. The number of carbonyl (C=O) groups excluding carboxylic acids is 1. The zero-order chi connectivity index (χ0) is 11.8. The number of rotatable bonds is 2. The number of amides is 1. The normalized spacial score (nSPS) is 21.6. The molecule has 0 aliphatic heterocycles. The Hall–Kier alpha value is -1.31. The fourth-order valence-corrected chi connectivity index (χ4v) is 2.57. The van der Waals surface area contributed by atoms with Crippen LogP contribution in [0.3, 0.4) is 0 Å². The average molecular weight is 217 g/mol. The highest BCUT2D eigenvalue weighted by Gasteiger charge is 2.36. The summed E-state index contributed by atoms with van der Waals surface area (Å²) in [5, 5.41) is 3.10. The van der Waals surface area contributed by atoms with E-state index in [0.717, 1.165) is 6.42 Å². The van der Waals surface area contributed by atoms with E-state index in [1.54, 1.807) is 0 Å². The molecule has 1 unspecified atom stereocenters. The van der Waals surface area contributed by atoms with E-state index in [1.807, 2.05) is 13.0 Å². The summed E-state index contributed by atoms with van der Waals surface area (Å²) < 4.78 is 0. The van der Waals surface area contributed by atoms with E-state index in [9.17, 15) is 4.79 Å². The van der Waals surface area contributed by atoms with Crippen LogP contribution in [0.25, 0.3) is 0 Å². The lowest BCUT2D eigenvalue weighted by atomic mass is 9.86. The van der Waals surface area contributed by atoms with E-state index in [4.69, 9.17) is 0 Å². The number of benzene rings is 1. The third kappa shape index (κ3) is 1.84. The van der Waals surface area contributed by atoms with E-state index in [1.165, 1.54) is 11.1 Å². The third-order valence-corrected chi connectivity index (χ3v) is 3.44. The maximum Gasteiger partial charge on any atom is 0.220 e. The van der Waals surface area contributed by atoms with Crippen LogP contribution in [-0.2, 0) is 10.2 Å². The van der Waals surface area contributed by atoms with Gasteiger partial charge in [-0.25, -0.2) is 0 Å². The van der Waals surface area contributed by atoms with Crippen LogP contribution in [0.5, 0.6) is 0 Å². The van der Waals surface area contributed by atoms with Gasteiger partial charge in [-0.3, -0.25) is 4.79 Å². The second-order valence-corrected chi connectivity index (χ2v) is 5.15. The van der Waals surface area contributed by atoms with Crippen LogP contribution in [0.4, 0.5) is 0 Å². The van der Waals surface area contributed by atoms with E-state index in [2.05, 4.69) is 37.4 Å². The van der Waals surface area contributed by atoms with Crippen LogP contribution in [-0.4, -0.2) is 5.91 Å². The molecular formula is C14H19NO. The molecule has 2 heteroatoms. The van der Waals surface area contributed by atoms with Gasteiger partial charge in [0.2, 0.25) is 5.91 Å². The van der Waals surface area contributed by atoms with Gasteiger partial charge in [0.15, 0.2) is 0 Å². The maximum absolute atomic E-state index is 11.5. The van der Waals surface area contributed by atoms with Gasteiger partial charge in [-0.05, 0) is 23.0 Å². The maximum atomic E-state index is 11.5. The quantitative estimate of drug-likeness (QED) is 0.810. The fourth-order valence-electron chi connectivity index (χ4n) is 2.57. The number of hydrogen-bond donors (Lipinski definition) is 1. The molecule has 0 bridgehead atoms. The van der Waals surface area contributed by atoms with Gasteiger partial charge < -0.3 is 5.32 Å². The van der Waals surface area contributed by atoms with Crippen molar-refractivity contribution in [1.29, 1.82) is 0 Å². The van der Waals surface area contributed by atoms with Gasteiger partial charge in [0, 0.05) is 6.42 Å². The van der Waals surface area contributed by atoms with Crippen LogP contribution in [0, 0.1) is 0 Å². The summed E-state index contributed by atoms with van der Waals surface area (Å²) in [6, 6.07) is 8.62. The van der Waals surface area contributed by atoms with Crippen molar-refractivity contribution in [3.05, 3.63) is 35.4 Å². The smallest absolute Gasteiger partial charge is 0.220 e. The number of nitrogens with one attached hydrogen (secondary N) is 1. The molecule has 0 aromatic heterocycles. The summed E-state index contributed by atoms with van der Waals surface area (Å²) in [6.07, 6.45) is 1.55. The van der Waals surface area contributed by atoms with Crippen LogP contribution in [0.2, 0.25) is 0 Å². The van der Waals surface area contributed by atoms with E-state index in [0.29, 0.717) is 6.42 Å². The third-order valence-electron chi connectivity index (χ3n) is 3.44.